The van der Waals surface area contributed by atoms with Gasteiger partial charge in [-0.3, -0.25) is 0 Å². The van der Waals surface area contributed by atoms with Crippen LogP contribution in [0.4, 0.5) is 11.4 Å². The molecule has 0 atom stereocenters. The van der Waals surface area contributed by atoms with Crippen molar-refractivity contribution in [3.63, 3.8) is 0 Å². The fourth-order valence-corrected chi connectivity index (χ4v) is 4.39. The van der Waals surface area contributed by atoms with Crippen LogP contribution in [-0.4, -0.2) is 21.5 Å². The van der Waals surface area contributed by atoms with Crippen LogP contribution in [0.5, 0.6) is 0 Å². The Morgan fingerprint density at radius 2 is 1.67 bits per heavy atom. The van der Waals surface area contributed by atoms with E-state index in [1.807, 2.05) is 12.1 Å². The maximum absolute atomic E-state index is 13.1. The summed E-state index contributed by atoms with van der Waals surface area (Å²) < 4.78 is 26.2. The molecule has 0 unspecified atom stereocenters. The van der Waals surface area contributed by atoms with Crippen LogP contribution >= 0.6 is 11.6 Å². The molecule has 2 N–H and O–H groups in total. The van der Waals surface area contributed by atoms with E-state index in [0.717, 1.165) is 31.6 Å². The van der Waals surface area contributed by atoms with Gasteiger partial charge in [0.2, 0.25) is 9.84 Å². The molecule has 0 aromatic heterocycles. The first-order chi connectivity index (χ1) is 11.4. The molecule has 2 rings (SSSR count). The van der Waals surface area contributed by atoms with Gasteiger partial charge < -0.3 is 10.6 Å². The molecule has 0 saturated heterocycles. The number of hydrogen-bond donors (Lipinski definition) is 1. The Bertz CT molecular complexity index is 800. The van der Waals surface area contributed by atoms with Gasteiger partial charge in [0.25, 0.3) is 0 Å². The Balaban J connectivity index is 2.56. The molecular formula is C18H23ClN2O2S. The topological polar surface area (TPSA) is 63.4 Å². The predicted molar refractivity (Wildman–Crippen MR) is 101 cm³/mol. The van der Waals surface area contributed by atoms with Crippen LogP contribution < -0.4 is 10.6 Å². The summed E-state index contributed by atoms with van der Waals surface area (Å²) in [5.74, 6) is 0. The summed E-state index contributed by atoms with van der Waals surface area (Å²) in [5.41, 5.74) is 6.79. The second-order valence-electron chi connectivity index (χ2n) is 5.64. The van der Waals surface area contributed by atoms with E-state index in [-0.39, 0.29) is 9.92 Å². The molecular weight excluding hydrogens is 344 g/mol. The third kappa shape index (κ3) is 3.84. The highest BCUT2D eigenvalue weighted by Crippen LogP contribution is 2.32. The zero-order valence-electron chi connectivity index (χ0n) is 14.0. The molecule has 0 bridgehead atoms. The van der Waals surface area contributed by atoms with E-state index >= 15 is 0 Å². The molecule has 0 heterocycles. The van der Waals surface area contributed by atoms with Crippen molar-refractivity contribution < 1.29 is 8.42 Å². The Kier molecular flexibility index (Phi) is 6.13. The van der Waals surface area contributed by atoms with Crippen molar-refractivity contribution in [2.24, 2.45) is 0 Å². The van der Waals surface area contributed by atoms with Crippen LogP contribution in [0.25, 0.3) is 0 Å². The summed E-state index contributed by atoms with van der Waals surface area (Å²) >= 11 is 6.01. The van der Waals surface area contributed by atoms with Crippen molar-refractivity contribution in [1.82, 2.24) is 0 Å². The Hall–Kier alpha value is -1.72. The molecule has 0 radical (unpaired) electrons. The van der Waals surface area contributed by atoms with Gasteiger partial charge in [-0.1, -0.05) is 37.6 Å². The van der Waals surface area contributed by atoms with Gasteiger partial charge in [0.1, 0.15) is 0 Å². The number of anilines is 2. The van der Waals surface area contributed by atoms with Crippen LogP contribution in [0.15, 0.2) is 52.3 Å². The molecule has 0 amide bonds. The molecule has 2 aromatic carbocycles. The van der Waals surface area contributed by atoms with E-state index in [1.165, 1.54) is 18.2 Å². The van der Waals surface area contributed by atoms with Crippen LogP contribution in [0, 0.1) is 0 Å². The molecule has 24 heavy (non-hydrogen) atoms. The van der Waals surface area contributed by atoms with Gasteiger partial charge in [0, 0.05) is 13.1 Å². The highest BCUT2D eigenvalue weighted by atomic mass is 35.5. The maximum atomic E-state index is 13.1. The van der Waals surface area contributed by atoms with Crippen LogP contribution in [0.1, 0.15) is 26.7 Å². The minimum Gasteiger partial charge on any atom is -0.398 e. The summed E-state index contributed by atoms with van der Waals surface area (Å²) in [4.78, 5) is 2.57. The van der Waals surface area contributed by atoms with E-state index in [4.69, 9.17) is 17.3 Å². The summed E-state index contributed by atoms with van der Waals surface area (Å²) in [6, 6.07) is 11.5. The van der Waals surface area contributed by atoms with E-state index in [0.29, 0.717) is 10.6 Å². The van der Waals surface area contributed by atoms with Crippen molar-refractivity contribution in [3.05, 3.63) is 47.5 Å². The molecule has 130 valence electrons. The number of rotatable bonds is 7. The fraction of sp³-hybridized carbons (Fsp3) is 0.333. The number of nitrogens with two attached hydrogens (primary N) is 1. The van der Waals surface area contributed by atoms with Crippen LogP contribution in [0.3, 0.4) is 0 Å². The first kappa shape index (κ1) is 18.6. The number of hydrogen-bond acceptors (Lipinski definition) is 4. The number of halogens is 1. The average Bonchev–Trinajstić information content (AvgIpc) is 2.57. The summed E-state index contributed by atoms with van der Waals surface area (Å²) in [7, 11) is -3.67. The van der Waals surface area contributed by atoms with E-state index in [2.05, 4.69) is 18.7 Å². The second-order valence-corrected chi connectivity index (χ2v) is 7.97. The van der Waals surface area contributed by atoms with Crippen molar-refractivity contribution in [1.29, 1.82) is 0 Å². The third-order valence-electron chi connectivity index (χ3n) is 3.76. The normalized spacial score (nSPS) is 11.5. The van der Waals surface area contributed by atoms with Gasteiger partial charge in [-0.25, -0.2) is 8.42 Å². The van der Waals surface area contributed by atoms with Crippen molar-refractivity contribution in [2.75, 3.05) is 23.7 Å². The van der Waals surface area contributed by atoms with Gasteiger partial charge in [-0.2, -0.15) is 0 Å². The Morgan fingerprint density at radius 1 is 1.04 bits per heavy atom. The standard InChI is InChI=1S/C18H23ClN2O2S/c1-3-11-21(12-4-2)17-7-5-6-8-18(17)24(22,23)14-9-10-16(20)15(19)13-14/h5-10,13H,3-4,11-12,20H2,1-2H3. The molecule has 0 spiro atoms. The molecule has 0 aliphatic rings. The quantitative estimate of drug-likeness (QED) is 0.738. The maximum Gasteiger partial charge on any atom is 0.208 e. The SMILES string of the molecule is CCCN(CCC)c1ccccc1S(=O)(=O)c1ccc(N)c(Cl)c1. The molecule has 4 nitrogen and oxygen atoms in total. The molecule has 6 heteroatoms. The Labute approximate surface area is 149 Å². The third-order valence-corrected chi connectivity index (χ3v) is 5.89. The van der Waals surface area contributed by atoms with Gasteiger partial charge in [0.05, 0.1) is 26.2 Å². The highest BCUT2D eigenvalue weighted by Gasteiger charge is 2.24. The summed E-state index contributed by atoms with van der Waals surface area (Å²) in [6.07, 6.45) is 1.89. The zero-order valence-corrected chi connectivity index (χ0v) is 15.6. The van der Waals surface area contributed by atoms with E-state index < -0.39 is 9.84 Å². The lowest BCUT2D eigenvalue weighted by molar-refractivity contribution is 0.595. The number of nitrogen functional groups attached to an aromatic ring is 1. The van der Waals surface area contributed by atoms with E-state index in [1.54, 1.807) is 12.1 Å². The largest absolute Gasteiger partial charge is 0.398 e. The molecule has 0 fully saturated rings. The molecule has 0 saturated carbocycles. The number of para-hydroxylation sites is 1. The molecule has 0 aliphatic heterocycles. The minimum absolute atomic E-state index is 0.155. The zero-order chi connectivity index (χ0) is 17.7. The summed E-state index contributed by atoms with van der Waals surface area (Å²) in [6.45, 7) is 5.78. The lowest BCUT2D eigenvalue weighted by Gasteiger charge is -2.26. The number of sulfone groups is 1. The average molecular weight is 367 g/mol. The molecule has 2 aromatic rings. The minimum atomic E-state index is -3.67. The first-order valence-corrected chi connectivity index (χ1v) is 9.92. The van der Waals surface area contributed by atoms with Crippen molar-refractivity contribution in [3.8, 4) is 0 Å². The lowest BCUT2D eigenvalue weighted by atomic mass is 10.2. The highest BCUT2D eigenvalue weighted by molar-refractivity contribution is 7.91. The Morgan fingerprint density at radius 3 is 2.25 bits per heavy atom. The molecule has 0 aliphatic carbocycles. The lowest BCUT2D eigenvalue weighted by Crippen LogP contribution is -2.26. The van der Waals surface area contributed by atoms with Gasteiger partial charge in [-0.05, 0) is 43.2 Å². The monoisotopic (exact) mass is 366 g/mol. The van der Waals surface area contributed by atoms with Gasteiger partial charge >= 0.3 is 0 Å². The van der Waals surface area contributed by atoms with Crippen LogP contribution in [0.2, 0.25) is 5.02 Å². The first-order valence-electron chi connectivity index (χ1n) is 8.05. The van der Waals surface area contributed by atoms with Crippen molar-refractivity contribution in [2.45, 2.75) is 36.5 Å². The fourth-order valence-electron chi connectivity index (χ4n) is 2.64. The van der Waals surface area contributed by atoms with Gasteiger partial charge in [-0.15, -0.1) is 0 Å². The predicted octanol–water partition coefficient (Wildman–Crippen LogP) is 4.38. The second kappa shape index (κ2) is 7.90. The number of benzene rings is 2. The van der Waals surface area contributed by atoms with E-state index in [9.17, 15) is 8.42 Å². The van der Waals surface area contributed by atoms with Gasteiger partial charge in [0.15, 0.2) is 0 Å². The summed E-state index contributed by atoms with van der Waals surface area (Å²) in [5, 5.41) is 0.243. The van der Waals surface area contributed by atoms with Crippen LogP contribution in [-0.2, 0) is 9.84 Å². The van der Waals surface area contributed by atoms with Crippen molar-refractivity contribution >= 4 is 32.8 Å². The number of nitrogens with zero attached hydrogens (tertiary/aromatic N) is 1. The smallest absolute Gasteiger partial charge is 0.208 e.